The predicted molar refractivity (Wildman–Crippen MR) is 107 cm³/mol. The third-order valence-corrected chi connectivity index (χ3v) is 5.28. The third kappa shape index (κ3) is 5.05. The molecule has 1 fully saturated rings. The van der Waals surface area contributed by atoms with Gasteiger partial charge in [0.1, 0.15) is 0 Å². The Bertz CT molecular complexity index is 1060. The third-order valence-electron chi connectivity index (χ3n) is 5.03. The molecule has 1 aliphatic heterocycles. The van der Waals surface area contributed by atoms with Crippen molar-refractivity contribution in [3.05, 3.63) is 70.6 Å². The van der Waals surface area contributed by atoms with E-state index in [1.54, 1.807) is 29.2 Å². The Morgan fingerprint density at radius 2 is 1.77 bits per heavy atom. The maximum atomic E-state index is 12.9. The molecule has 0 atom stereocenters. The topological polar surface area (TPSA) is 62.5 Å². The van der Waals surface area contributed by atoms with Gasteiger partial charge in [0.2, 0.25) is 11.7 Å². The van der Waals surface area contributed by atoms with Crippen LogP contribution in [-0.4, -0.2) is 52.0 Å². The highest BCUT2D eigenvalue weighted by Gasteiger charge is 2.31. The van der Waals surface area contributed by atoms with Gasteiger partial charge in [0.05, 0.1) is 12.1 Å². The molecular weight excluding hydrogens is 433 g/mol. The molecule has 6 nitrogen and oxygen atoms in total. The van der Waals surface area contributed by atoms with Crippen molar-refractivity contribution in [1.82, 2.24) is 19.9 Å². The molecule has 1 aliphatic rings. The summed E-state index contributed by atoms with van der Waals surface area (Å²) in [5, 5.41) is 4.60. The number of benzene rings is 2. The molecule has 0 bridgehead atoms. The first-order chi connectivity index (χ1) is 14.8. The molecule has 0 unspecified atom stereocenters. The first-order valence-electron chi connectivity index (χ1n) is 9.57. The number of aromatic nitrogens is 2. The van der Waals surface area contributed by atoms with E-state index in [2.05, 4.69) is 15.0 Å². The van der Waals surface area contributed by atoms with Crippen LogP contribution in [0.3, 0.4) is 0 Å². The van der Waals surface area contributed by atoms with Crippen LogP contribution in [0.25, 0.3) is 11.4 Å². The molecule has 2 heterocycles. The van der Waals surface area contributed by atoms with Gasteiger partial charge in [-0.05, 0) is 42.5 Å². The van der Waals surface area contributed by atoms with E-state index in [0.29, 0.717) is 49.5 Å². The van der Waals surface area contributed by atoms with Crippen LogP contribution >= 0.6 is 11.6 Å². The summed E-state index contributed by atoms with van der Waals surface area (Å²) in [6.07, 6.45) is -4.48. The van der Waals surface area contributed by atoms with Gasteiger partial charge in [-0.1, -0.05) is 22.8 Å². The van der Waals surface area contributed by atoms with Crippen molar-refractivity contribution < 1.29 is 22.5 Å². The van der Waals surface area contributed by atoms with E-state index in [-0.39, 0.29) is 5.56 Å². The predicted octanol–water partition coefficient (Wildman–Crippen LogP) is 4.37. The number of piperazine rings is 1. The molecule has 3 aromatic rings. The van der Waals surface area contributed by atoms with Crippen LogP contribution in [0, 0.1) is 0 Å². The van der Waals surface area contributed by atoms with Crippen molar-refractivity contribution in [2.24, 2.45) is 0 Å². The van der Waals surface area contributed by atoms with E-state index >= 15 is 0 Å². The number of carbonyl (C=O) groups is 1. The normalized spacial score (nSPS) is 15.3. The van der Waals surface area contributed by atoms with Crippen LogP contribution in [-0.2, 0) is 12.7 Å². The summed E-state index contributed by atoms with van der Waals surface area (Å²) in [5.74, 6) is 0.501. The highest BCUT2D eigenvalue weighted by Crippen LogP contribution is 2.30. The van der Waals surface area contributed by atoms with E-state index in [0.717, 1.165) is 17.7 Å². The first-order valence-corrected chi connectivity index (χ1v) is 9.95. The largest absolute Gasteiger partial charge is 0.416 e. The minimum atomic E-state index is -4.48. The number of hydrogen-bond acceptors (Lipinski definition) is 5. The lowest BCUT2D eigenvalue weighted by Gasteiger charge is -2.34. The minimum Gasteiger partial charge on any atom is -0.338 e. The summed E-state index contributed by atoms with van der Waals surface area (Å²) in [6, 6.07) is 11.6. The van der Waals surface area contributed by atoms with Gasteiger partial charge < -0.3 is 9.42 Å². The molecule has 0 N–H and O–H groups in total. The van der Waals surface area contributed by atoms with Gasteiger partial charge in [0.25, 0.3) is 5.91 Å². The maximum absolute atomic E-state index is 12.9. The quantitative estimate of drug-likeness (QED) is 0.590. The van der Waals surface area contributed by atoms with E-state index in [9.17, 15) is 18.0 Å². The molecule has 0 saturated carbocycles. The van der Waals surface area contributed by atoms with E-state index in [4.69, 9.17) is 16.1 Å². The number of alkyl halides is 3. The van der Waals surface area contributed by atoms with Crippen molar-refractivity contribution >= 4 is 17.5 Å². The first kappa shape index (κ1) is 21.3. The van der Waals surface area contributed by atoms with Crippen LogP contribution < -0.4 is 0 Å². The van der Waals surface area contributed by atoms with Gasteiger partial charge >= 0.3 is 6.18 Å². The lowest BCUT2D eigenvalue weighted by atomic mass is 10.1. The van der Waals surface area contributed by atoms with Gasteiger partial charge in [-0.25, -0.2) is 0 Å². The molecule has 0 radical (unpaired) electrons. The van der Waals surface area contributed by atoms with Gasteiger partial charge in [-0.15, -0.1) is 0 Å². The summed E-state index contributed by atoms with van der Waals surface area (Å²) in [5.41, 5.74) is -0.00597. The van der Waals surface area contributed by atoms with Crippen LogP contribution in [0.1, 0.15) is 21.8 Å². The molecule has 0 spiro atoms. The van der Waals surface area contributed by atoms with Crippen molar-refractivity contribution in [2.75, 3.05) is 26.2 Å². The SMILES string of the molecule is O=C(c1cccc(C(F)(F)F)c1)N1CCN(Cc2nc(-c3ccc(Cl)cc3)no2)CC1. The van der Waals surface area contributed by atoms with Gasteiger partial charge in [0.15, 0.2) is 0 Å². The smallest absolute Gasteiger partial charge is 0.338 e. The Morgan fingerprint density at radius 1 is 1.06 bits per heavy atom. The van der Waals surface area contributed by atoms with Crippen LogP contribution in [0.4, 0.5) is 13.2 Å². The fraction of sp³-hybridized carbons (Fsp3) is 0.286. The Balaban J connectivity index is 1.34. The monoisotopic (exact) mass is 450 g/mol. The molecular formula is C21H18ClF3N4O2. The van der Waals surface area contributed by atoms with Gasteiger partial charge in [-0.2, -0.15) is 18.2 Å². The number of hydrogen-bond donors (Lipinski definition) is 0. The molecule has 31 heavy (non-hydrogen) atoms. The summed E-state index contributed by atoms with van der Waals surface area (Å²) >= 11 is 5.89. The maximum Gasteiger partial charge on any atom is 0.416 e. The van der Waals surface area contributed by atoms with Gasteiger partial charge in [-0.3, -0.25) is 9.69 Å². The van der Waals surface area contributed by atoms with Crippen molar-refractivity contribution in [3.63, 3.8) is 0 Å². The zero-order valence-electron chi connectivity index (χ0n) is 16.3. The van der Waals surface area contributed by atoms with Crippen LogP contribution in [0.2, 0.25) is 5.02 Å². The second-order valence-electron chi connectivity index (χ2n) is 7.17. The Morgan fingerprint density at radius 3 is 2.45 bits per heavy atom. The van der Waals surface area contributed by atoms with E-state index in [1.807, 2.05) is 0 Å². The summed E-state index contributed by atoms with van der Waals surface area (Å²) < 4.78 is 44.0. The number of rotatable bonds is 4. The molecule has 2 aromatic carbocycles. The van der Waals surface area contributed by atoms with E-state index < -0.39 is 17.6 Å². The number of halogens is 4. The lowest BCUT2D eigenvalue weighted by Crippen LogP contribution is -2.48. The lowest BCUT2D eigenvalue weighted by molar-refractivity contribution is -0.137. The van der Waals surface area contributed by atoms with Crippen molar-refractivity contribution in [2.45, 2.75) is 12.7 Å². The molecule has 4 rings (SSSR count). The Kier molecular flexibility index (Phi) is 5.97. The molecule has 1 saturated heterocycles. The fourth-order valence-electron chi connectivity index (χ4n) is 3.35. The second kappa shape index (κ2) is 8.68. The average molecular weight is 451 g/mol. The van der Waals surface area contributed by atoms with Gasteiger partial charge in [0, 0.05) is 42.3 Å². The van der Waals surface area contributed by atoms with Crippen molar-refractivity contribution in [3.8, 4) is 11.4 Å². The van der Waals surface area contributed by atoms with Crippen molar-refractivity contribution in [1.29, 1.82) is 0 Å². The summed E-state index contributed by atoms with van der Waals surface area (Å²) in [6.45, 7) is 2.30. The molecule has 162 valence electrons. The molecule has 1 amide bonds. The standard InChI is InChI=1S/C21H18ClF3N4O2/c22-17-6-4-14(5-7-17)19-26-18(31-27-19)13-28-8-10-29(11-9-28)20(30)15-2-1-3-16(12-15)21(23,24)25/h1-7,12H,8-11,13H2. The second-order valence-corrected chi connectivity index (χ2v) is 7.60. The number of carbonyl (C=O) groups excluding carboxylic acids is 1. The molecule has 0 aliphatic carbocycles. The average Bonchev–Trinajstić information content (AvgIpc) is 3.22. The minimum absolute atomic E-state index is 0.0350. The zero-order chi connectivity index (χ0) is 22.0. The van der Waals surface area contributed by atoms with E-state index in [1.165, 1.54) is 12.1 Å². The highest BCUT2D eigenvalue weighted by atomic mass is 35.5. The highest BCUT2D eigenvalue weighted by molar-refractivity contribution is 6.30. The molecule has 10 heteroatoms. The fourth-order valence-corrected chi connectivity index (χ4v) is 3.47. The van der Waals surface area contributed by atoms with Crippen LogP contribution in [0.5, 0.6) is 0 Å². The summed E-state index contributed by atoms with van der Waals surface area (Å²) in [4.78, 5) is 20.6. The zero-order valence-corrected chi connectivity index (χ0v) is 17.0. The number of amides is 1. The van der Waals surface area contributed by atoms with Crippen LogP contribution in [0.15, 0.2) is 53.1 Å². The number of nitrogens with zero attached hydrogens (tertiary/aromatic N) is 4. The molecule has 1 aromatic heterocycles. The summed E-state index contributed by atoms with van der Waals surface area (Å²) in [7, 11) is 0. The Labute approximate surface area is 181 Å². The Hall–Kier alpha value is -2.91.